The topological polar surface area (TPSA) is 56.3 Å². The van der Waals surface area contributed by atoms with E-state index in [9.17, 15) is 0 Å². The van der Waals surface area contributed by atoms with E-state index in [0.29, 0.717) is 24.9 Å². The van der Waals surface area contributed by atoms with Crippen molar-refractivity contribution in [3.05, 3.63) is 11.9 Å². The molecule has 0 radical (unpaired) electrons. The van der Waals surface area contributed by atoms with Crippen molar-refractivity contribution in [3.8, 4) is 5.88 Å². The van der Waals surface area contributed by atoms with E-state index < -0.39 is 0 Å². The first-order valence-electron chi connectivity index (χ1n) is 5.03. The van der Waals surface area contributed by atoms with Crippen molar-refractivity contribution >= 4 is 5.82 Å². The Labute approximate surface area is 89.8 Å². The van der Waals surface area contributed by atoms with Crippen LogP contribution >= 0.6 is 0 Å². The van der Waals surface area contributed by atoms with Crippen LogP contribution in [0.4, 0.5) is 5.82 Å². The van der Waals surface area contributed by atoms with E-state index in [1.54, 1.807) is 13.2 Å². The first-order valence-corrected chi connectivity index (χ1v) is 5.03. The first-order chi connectivity index (χ1) is 7.30. The van der Waals surface area contributed by atoms with Gasteiger partial charge >= 0.3 is 0 Å². The van der Waals surface area contributed by atoms with E-state index >= 15 is 0 Å². The lowest BCUT2D eigenvalue weighted by atomic mass is 10.5. The van der Waals surface area contributed by atoms with Crippen molar-refractivity contribution in [3.63, 3.8) is 0 Å². The molecule has 1 aromatic heterocycles. The van der Waals surface area contributed by atoms with Gasteiger partial charge < -0.3 is 14.8 Å². The lowest BCUT2D eigenvalue weighted by molar-refractivity contribution is 0.127. The molecule has 1 rings (SSSR count). The van der Waals surface area contributed by atoms with Gasteiger partial charge in [0.2, 0.25) is 5.88 Å². The van der Waals surface area contributed by atoms with Crippen LogP contribution in [0.25, 0.3) is 0 Å². The van der Waals surface area contributed by atoms with E-state index in [2.05, 4.69) is 15.3 Å². The van der Waals surface area contributed by atoms with E-state index in [-0.39, 0.29) is 0 Å². The number of rotatable bonds is 6. The Morgan fingerprint density at radius 3 is 2.73 bits per heavy atom. The molecule has 0 unspecified atom stereocenters. The number of nitrogens with one attached hydrogen (secondary N) is 1. The lowest BCUT2D eigenvalue weighted by Gasteiger charge is -2.07. The molecule has 0 saturated heterocycles. The standard InChI is InChI=1S/C10H17N3O2/c1-4-11-8-6-10(14-3)13-9(12-8)7-15-5-2/h6H,4-5,7H2,1-3H3,(H,11,12,13). The van der Waals surface area contributed by atoms with Crippen molar-refractivity contribution < 1.29 is 9.47 Å². The minimum absolute atomic E-state index is 0.409. The van der Waals surface area contributed by atoms with Gasteiger partial charge in [-0.25, -0.2) is 4.98 Å². The van der Waals surface area contributed by atoms with Gasteiger partial charge in [-0.2, -0.15) is 4.98 Å². The third-order valence-electron chi connectivity index (χ3n) is 1.75. The van der Waals surface area contributed by atoms with E-state index in [1.807, 2.05) is 13.8 Å². The number of anilines is 1. The fourth-order valence-corrected chi connectivity index (χ4v) is 1.11. The van der Waals surface area contributed by atoms with Crippen LogP contribution in [-0.2, 0) is 11.3 Å². The molecule has 0 bridgehead atoms. The summed E-state index contributed by atoms with van der Waals surface area (Å²) in [4.78, 5) is 8.45. The van der Waals surface area contributed by atoms with Crippen molar-refractivity contribution in [2.45, 2.75) is 20.5 Å². The van der Waals surface area contributed by atoms with Gasteiger partial charge in [-0.05, 0) is 13.8 Å². The Balaban J connectivity index is 2.79. The predicted molar refractivity (Wildman–Crippen MR) is 58.1 cm³/mol. The average Bonchev–Trinajstić information content (AvgIpc) is 2.26. The molecule has 0 saturated carbocycles. The molecular formula is C10H17N3O2. The molecule has 0 amide bonds. The van der Waals surface area contributed by atoms with Gasteiger partial charge in [-0.1, -0.05) is 0 Å². The van der Waals surface area contributed by atoms with E-state index in [0.717, 1.165) is 12.4 Å². The van der Waals surface area contributed by atoms with Crippen molar-refractivity contribution in [2.75, 3.05) is 25.6 Å². The molecule has 0 aliphatic rings. The fourth-order valence-electron chi connectivity index (χ4n) is 1.11. The zero-order valence-corrected chi connectivity index (χ0v) is 9.41. The fraction of sp³-hybridized carbons (Fsp3) is 0.600. The predicted octanol–water partition coefficient (Wildman–Crippen LogP) is 1.45. The van der Waals surface area contributed by atoms with Crippen molar-refractivity contribution in [2.24, 2.45) is 0 Å². The van der Waals surface area contributed by atoms with Crippen LogP contribution in [0.15, 0.2) is 6.07 Å². The lowest BCUT2D eigenvalue weighted by Crippen LogP contribution is -2.06. The van der Waals surface area contributed by atoms with Gasteiger partial charge in [-0.3, -0.25) is 0 Å². The quantitative estimate of drug-likeness (QED) is 0.771. The Morgan fingerprint density at radius 1 is 1.33 bits per heavy atom. The molecule has 84 valence electrons. The molecule has 15 heavy (non-hydrogen) atoms. The van der Waals surface area contributed by atoms with Crippen LogP contribution in [0.1, 0.15) is 19.7 Å². The molecule has 0 atom stereocenters. The molecule has 0 spiro atoms. The summed E-state index contributed by atoms with van der Waals surface area (Å²) in [5, 5.41) is 3.11. The zero-order chi connectivity index (χ0) is 11.1. The first kappa shape index (κ1) is 11.7. The highest BCUT2D eigenvalue weighted by atomic mass is 16.5. The van der Waals surface area contributed by atoms with Crippen LogP contribution in [-0.4, -0.2) is 30.2 Å². The molecule has 1 heterocycles. The van der Waals surface area contributed by atoms with Gasteiger partial charge in [0.25, 0.3) is 0 Å². The summed E-state index contributed by atoms with van der Waals surface area (Å²) in [5.41, 5.74) is 0. The number of hydrogen-bond donors (Lipinski definition) is 1. The number of nitrogens with zero attached hydrogens (tertiary/aromatic N) is 2. The maximum absolute atomic E-state index is 5.24. The van der Waals surface area contributed by atoms with Gasteiger partial charge in [-0.15, -0.1) is 0 Å². The summed E-state index contributed by atoms with van der Waals surface area (Å²) in [7, 11) is 1.59. The monoisotopic (exact) mass is 211 g/mol. The maximum atomic E-state index is 5.24. The summed E-state index contributed by atoms with van der Waals surface area (Å²) in [6, 6.07) is 1.76. The van der Waals surface area contributed by atoms with Crippen LogP contribution in [0.3, 0.4) is 0 Å². The zero-order valence-electron chi connectivity index (χ0n) is 9.41. The molecular weight excluding hydrogens is 194 g/mol. The third kappa shape index (κ3) is 3.71. The van der Waals surface area contributed by atoms with Crippen LogP contribution < -0.4 is 10.1 Å². The van der Waals surface area contributed by atoms with Gasteiger partial charge in [0, 0.05) is 19.2 Å². The molecule has 5 heteroatoms. The highest BCUT2D eigenvalue weighted by Crippen LogP contribution is 2.13. The second kappa shape index (κ2) is 6.19. The van der Waals surface area contributed by atoms with E-state index in [4.69, 9.17) is 9.47 Å². The van der Waals surface area contributed by atoms with Gasteiger partial charge in [0.15, 0.2) is 5.82 Å². The Kier molecular flexibility index (Phi) is 4.83. The molecule has 0 aliphatic heterocycles. The largest absolute Gasteiger partial charge is 0.481 e. The summed E-state index contributed by atoms with van der Waals surface area (Å²) in [5.74, 6) is 1.95. The molecule has 0 aromatic carbocycles. The highest BCUT2D eigenvalue weighted by molar-refractivity contribution is 5.38. The average molecular weight is 211 g/mol. The molecule has 1 aromatic rings. The second-order valence-electron chi connectivity index (χ2n) is 2.88. The molecule has 5 nitrogen and oxygen atoms in total. The van der Waals surface area contributed by atoms with Gasteiger partial charge in [0.1, 0.15) is 12.4 Å². The minimum Gasteiger partial charge on any atom is -0.481 e. The summed E-state index contributed by atoms with van der Waals surface area (Å²) >= 11 is 0. The highest BCUT2D eigenvalue weighted by Gasteiger charge is 2.03. The molecule has 0 aliphatic carbocycles. The molecule has 0 fully saturated rings. The SMILES string of the molecule is CCNc1cc(OC)nc(COCC)n1. The Hall–Kier alpha value is -1.36. The second-order valence-corrected chi connectivity index (χ2v) is 2.88. The van der Waals surface area contributed by atoms with Crippen molar-refractivity contribution in [1.82, 2.24) is 9.97 Å². The number of aromatic nitrogens is 2. The summed E-state index contributed by atoms with van der Waals surface area (Å²) in [6.45, 7) is 5.82. The number of ether oxygens (including phenoxy) is 2. The summed E-state index contributed by atoms with van der Waals surface area (Å²) < 4.78 is 10.3. The number of hydrogen-bond acceptors (Lipinski definition) is 5. The van der Waals surface area contributed by atoms with Crippen molar-refractivity contribution in [1.29, 1.82) is 0 Å². The van der Waals surface area contributed by atoms with Crippen LogP contribution in [0.5, 0.6) is 5.88 Å². The maximum Gasteiger partial charge on any atom is 0.218 e. The minimum atomic E-state index is 0.409. The number of methoxy groups -OCH3 is 1. The smallest absolute Gasteiger partial charge is 0.218 e. The summed E-state index contributed by atoms with van der Waals surface area (Å²) in [6.07, 6.45) is 0. The Bertz CT molecular complexity index is 305. The Morgan fingerprint density at radius 2 is 2.13 bits per heavy atom. The van der Waals surface area contributed by atoms with Crippen LogP contribution in [0, 0.1) is 0 Å². The third-order valence-corrected chi connectivity index (χ3v) is 1.75. The molecule has 1 N–H and O–H groups in total. The van der Waals surface area contributed by atoms with Gasteiger partial charge in [0.05, 0.1) is 7.11 Å². The van der Waals surface area contributed by atoms with Crippen LogP contribution in [0.2, 0.25) is 0 Å². The van der Waals surface area contributed by atoms with E-state index in [1.165, 1.54) is 0 Å². The normalized spacial score (nSPS) is 10.1.